The molecule has 0 saturated heterocycles. The van der Waals surface area contributed by atoms with Crippen molar-refractivity contribution in [2.75, 3.05) is 11.5 Å². The van der Waals surface area contributed by atoms with Crippen molar-refractivity contribution in [2.24, 2.45) is 0 Å². The molecule has 2 heterocycles. The van der Waals surface area contributed by atoms with Crippen LogP contribution in [0.25, 0.3) is 11.3 Å². The van der Waals surface area contributed by atoms with Crippen molar-refractivity contribution in [3.63, 3.8) is 0 Å². The number of rotatable bonds is 5. The minimum absolute atomic E-state index is 0.291. The Kier molecular flexibility index (Phi) is 4.91. The minimum atomic E-state index is -0.291. The van der Waals surface area contributed by atoms with Gasteiger partial charge in [-0.3, -0.25) is 9.40 Å². The highest BCUT2D eigenvalue weighted by atomic mass is 35.5. The first-order valence-electron chi connectivity index (χ1n) is 7.30. The fourth-order valence-corrected chi connectivity index (χ4v) is 2.57. The van der Waals surface area contributed by atoms with E-state index >= 15 is 0 Å². The van der Waals surface area contributed by atoms with E-state index in [0.29, 0.717) is 18.1 Å². The first-order valence-corrected chi connectivity index (χ1v) is 7.64. The van der Waals surface area contributed by atoms with Gasteiger partial charge in [0.15, 0.2) is 0 Å². The Morgan fingerprint density at radius 3 is 2.79 bits per heavy atom. The van der Waals surface area contributed by atoms with Crippen molar-refractivity contribution in [3.8, 4) is 17.0 Å². The SMILES string of the molecule is COc1cnccc1-c1cccc(N(Cl)Cc2cccc(F)c2)n1. The maximum Gasteiger partial charge on any atom is 0.146 e. The van der Waals surface area contributed by atoms with E-state index in [9.17, 15) is 4.39 Å². The largest absolute Gasteiger partial charge is 0.494 e. The standard InChI is InChI=1S/C18H15ClFN3O/c1-24-17-11-21-9-8-15(17)16-6-3-7-18(22-16)23(19)12-13-4-2-5-14(20)10-13/h2-11H,12H2,1H3. The quantitative estimate of drug-likeness (QED) is 0.641. The summed E-state index contributed by atoms with van der Waals surface area (Å²) >= 11 is 6.33. The molecule has 6 heteroatoms. The molecule has 0 spiro atoms. The van der Waals surface area contributed by atoms with E-state index in [1.165, 1.54) is 16.6 Å². The number of benzene rings is 1. The maximum absolute atomic E-state index is 13.3. The molecule has 0 N–H and O–H groups in total. The third-order valence-electron chi connectivity index (χ3n) is 3.47. The van der Waals surface area contributed by atoms with Crippen LogP contribution in [-0.2, 0) is 6.54 Å². The Morgan fingerprint density at radius 1 is 1.17 bits per heavy atom. The van der Waals surface area contributed by atoms with E-state index in [-0.39, 0.29) is 5.82 Å². The maximum atomic E-state index is 13.3. The van der Waals surface area contributed by atoms with Gasteiger partial charge in [0.05, 0.1) is 25.5 Å². The summed E-state index contributed by atoms with van der Waals surface area (Å²) in [5.41, 5.74) is 2.31. The van der Waals surface area contributed by atoms with E-state index in [4.69, 9.17) is 16.5 Å². The van der Waals surface area contributed by atoms with Crippen molar-refractivity contribution in [2.45, 2.75) is 6.54 Å². The van der Waals surface area contributed by atoms with Gasteiger partial charge in [-0.15, -0.1) is 0 Å². The van der Waals surface area contributed by atoms with Crippen molar-refractivity contribution in [1.82, 2.24) is 9.97 Å². The molecule has 1 aromatic carbocycles. The summed E-state index contributed by atoms with van der Waals surface area (Å²) in [6.07, 6.45) is 3.31. The number of hydrogen-bond donors (Lipinski definition) is 0. The predicted octanol–water partition coefficient (Wildman–Crippen LogP) is 4.45. The van der Waals surface area contributed by atoms with Crippen LogP contribution in [-0.4, -0.2) is 17.1 Å². The third kappa shape index (κ3) is 3.63. The Morgan fingerprint density at radius 2 is 2.00 bits per heavy atom. The molecule has 0 aliphatic carbocycles. The number of nitrogens with zero attached hydrogens (tertiary/aromatic N) is 3. The fourth-order valence-electron chi connectivity index (χ4n) is 2.34. The van der Waals surface area contributed by atoms with Crippen LogP contribution in [0, 0.1) is 5.82 Å². The van der Waals surface area contributed by atoms with Gasteiger partial charge in [-0.2, -0.15) is 0 Å². The molecule has 4 nitrogen and oxygen atoms in total. The Hall–Kier alpha value is -2.66. The number of pyridine rings is 2. The van der Waals surface area contributed by atoms with Gasteiger partial charge in [0, 0.05) is 23.5 Å². The molecule has 0 saturated carbocycles. The second kappa shape index (κ2) is 7.27. The third-order valence-corrected chi connectivity index (χ3v) is 3.77. The smallest absolute Gasteiger partial charge is 0.146 e. The summed E-state index contributed by atoms with van der Waals surface area (Å²) in [6, 6.07) is 13.7. The van der Waals surface area contributed by atoms with Gasteiger partial charge >= 0.3 is 0 Å². The number of ether oxygens (including phenoxy) is 1. The second-order valence-corrected chi connectivity index (χ2v) is 5.52. The van der Waals surface area contributed by atoms with Gasteiger partial charge in [-0.25, -0.2) is 9.37 Å². The first kappa shape index (κ1) is 16.2. The summed E-state index contributed by atoms with van der Waals surface area (Å²) in [5.74, 6) is 0.909. The molecular formula is C18H15ClFN3O. The van der Waals surface area contributed by atoms with Crippen LogP contribution in [0.15, 0.2) is 60.9 Å². The molecule has 0 fully saturated rings. The van der Waals surface area contributed by atoms with E-state index in [0.717, 1.165) is 16.8 Å². The van der Waals surface area contributed by atoms with Gasteiger partial charge in [0.1, 0.15) is 17.4 Å². The highest BCUT2D eigenvalue weighted by Crippen LogP contribution is 2.29. The highest BCUT2D eigenvalue weighted by Gasteiger charge is 2.11. The second-order valence-electron chi connectivity index (χ2n) is 5.11. The topological polar surface area (TPSA) is 38.2 Å². The van der Waals surface area contributed by atoms with E-state index in [1.54, 1.807) is 31.6 Å². The van der Waals surface area contributed by atoms with Crippen LogP contribution >= 0.6 is 11.8 Å². The van der Waals surface area contributed by atoms with Crippen LogP contribution in [0.3, 0.4) is 0 Å². The zero-order valence-electron chi connectivity index (χ0n) is 13.0. The van der Waals surface area contributed by atoms with Crippen molar-refractivity contribution in [3.05, 3.63) is 72.3 Å². The molecule has 3 rings (SSSR count). The lowest BCUT2D eigenvalue weighted by Gasteiger charge is -2.16. The summed E-state index contributed by atoms with van der Waals surface area (Å²) in [7, 11) is 1.59. The van der Waals surface area contributed by atoms with Gasteiger partial charge < -0.3 is 4.74 Å². The van der Waals surface area contributed by atoms with Gasteiger partial charge in [-0.05, 0) is 35.9 Å². The number of hydrogen-bond acceptors (Lipinski definition) is 4. The lowest BCUT2D eigenvalue weighted by molar-refractivity contribution is 0.414. The monoisotopic (exact) mass is 343 g/mol. The fraction of sp³-hybridized carbons (Fsp3) is 0.111. The summed E-state index contributed by atoms with van der Waals surface area (Å²) < 4.78 is 20.1. The van der Waals surface area contributed by atoms with Crippen LogP contribution in [0.2, 0.25) is 0 Å². The van der Waals surface area contributed by atoms with E-state index in [1.807, 2.05) is 24.3 Å². The number of halogens is 2. The minimum Gasteiger partial charge on any atom is -0.494 e. The van der Waals surface area contributed by atoms with Crippen molar-refractivity contribution < 1.29 is 9.13 Å². The molecule has 0 unspecified atom stereocenters. The molecular weight excluding hydrogens is 329 g/mol. The van der Waals surface area contributed by atoms with Gasteiger partial charge in [0.25, 0.3) is 0 Å². The lowest BCUT2D eigenvalue weighted by Crippen LogP contribution is -2.11. The number of anilines is 1. The molecule has 0 radical (unpaired) electrons. The first-order chi connectivity index (χ1) is 11.7. The molecule has 3 aromatic rings. The average molecular weight is 344 g/mol. The normalized spacial score (nSPS) is 10.5. The molecule has 0 aliphatic heterocycles. The number of aromatic nitrogens is 2. The van der Waals surface area contributed by atoms with Crippen molar-refractivity contribution >= 4 is 17.6 Å². The lowest BCUT2D eigenvalue weighted by atomic mass is 10.1. The van der Waals surface area contributed by atoms with Crippen LogP contribution < -0.4 is 9.16 Å². The van der Waals surface area contributed by atoms with Crippen LogP contribution in [0.5, 0.6) is 5.75 Å². The highest BCUT2D eigenvalue weighted by molar-refractivity contribution is 6.25. The molecule has 0 aliphatic rings. The van der Waals surface area contributed by atoms with Gasteiger partial charge in [0.2, 0.25) is 0 Å². The van der Waals surface area contributed by atoms with Gasteiger partial charge in [-0.1, -0.05) is 18.2 Å². The Labute approximate surface area is 144 Å². The molecule has 0 amide bonds. The molecule has 0 bridgehead atoms. The summed E-state index contributed by atoms with van der Waals surface area (Å²) in [4.78, 5) is 8.60. The van der Waals surface area contributed by atoms with E-state index < -0.39 is 0 Å². The Balaban J connectivity index is 1.87. The molecule has 24 heavy (non-hydrogen) atoms. The molecule has 122 valence electrons. The van der Waals surface area contributed by atoms with Crippen molar-refractivity contribution in [1.29, 1.82) is 0 Å². The zero-order valence-corrected chi connectivity index (χ0v) is 13.7. The predicted molar refractivity (Wildman–Crippen MR) is 92.5 cm³/mol. The molecule has 2 aromatic heterocycles. The average Bonchev–Trinajstić information content (AvgIpc) is 2.62. The van der Waals surface area contributed by atoms with E-state index in [2.05, 4.69) is 9.97 Å². The summed E-state index contributed by atoms with van der Waals surface area (Å²) in [6.45, 7) is 0.337. The number of methoxy groups -OCH3 is 1. The Bertz CT molecular complexity index is 844. The van der Waals surface area contributed by atoms with Crippen LogP contribution in [0.1, 0.15) is 5.56 Å². The summed E-state index contributed by atoms with van der Waals surface area (Å²) in [5, 5.41) is 0. The van der Waals surface area contributed by atoms with Crippen LogP contribution in [0.4, 0.5) is 10.2 Å². The zero-order chi connectivity index (χ0) is 16.9. The molecule has 0 atom stereocenters.